The minimum absolute atomic E-state index is 0.223. The Kier molecular flexibility index (Phi) is 6.13. The Morgan fingerprint density at radius 2 is 2.00 bits per heavy atom. The number of carboxylic acids is 1. The number of hydrogen-bond acceptors (Lipinski definition) is 3. The van der Waals surface area contributed by atoms with Crippen LogP contribution in [0.25, 0.3) is 6.08 Å². The number of benzene rings is 1. The zero-order chi connectivity index (χ0) is 15.8. The first-order chi connectivity index (χ1) is 9.88. The Hall–Kier alpha value is -2.63. The normalized spacial score (nSPS) is 10.5. The molecule has 6 nitrogen and oxygen atoms in total. The molecule has 0 aliphatic heterocycles. The van der Waals surface area contributed by atoms with Gasteiger partial charge in [0.15, 0.2) is 0 Å². The zero-order valence-electron chi connectivity index (χ0n) is 11.8. The molecule has 1 aromatic carbocycles. The van der Waals surface area contributed by atoms with Gasteiger partial charge in [0.05, 0.1) is 0 Å². The van der Waals surface area contributed by atoms with Crippen molar-refractivity contribution in [3.05, 3.63) is 41.0 Å². The maximum absolute atomic E-state index is 12.0. The summed E-state index contributed by atoms with van der Waals surface area (Å²) in [5.74, 6) is -1.72. The Balaban J connectivity index is 2.71. The van der Waals surface area contributed by atoms with Crippen LogP contribution in [-0.2, 0) is 9.59 Å². The van der Waals surface area contributed by atoms with Crippen molar-refractivity contribution < 1.29 is 19.5 Å². The van der Waals surface area contributed by atoms with Crippen LogP contribution in [0.3, 0.4) is 0 Å². The number of carbonyl (C=O) groups excluding carboxylic acids is 2. The van der Waals surface area contributed by atoms with Gasteiger partial charge in [-0.25, -0.2) is 4.79 Å². The summed E-state index contributed by atoms with van der Waals surface area (Å²) in [4.78, 5) is 33.1. The number of nitrogens with two attached hydrogens (primary N) is 1. The lowest BCUT2D eigenvalue weighted by atomic mass is 10.1. The maximum atomic E-state index is 12.0. The Morgan fingerprint density at radius 1 is 1.29 bits per heavy atom. The van der Waals surface area contributed by atoms with Crippen molar-refractivity contribution in [2.75, 3.05) is 6.54 Å². The van der Waals surface area contributed by atoms with Crippen molar-refractivity contribution >= 4 is 23.9 Å². The third kappa shape index (κ3) is 6.38. The molecule has 4 N–H and O–H groups in total. The van der Waals surface area contributed by atoms with Crippen LogP contribution in [0, 0.1) is 6.92 Å². The molecule has 0 fully saturated rings. The van der Waals surface area contributed by atoms with Crippen LogP contribution >= 0.6 is 0 Å². The highest BCUT2D eigenvalue weighted by Gasteiger charge is 2.07. The maximum Gasteiger partial charge on any atom is 0.328 e. The molecular formula is C15H18N2O4. The fraction of sp³-hybridized carbons (Fsp3) is 0.267. The van der Waals surface area contributed by atoms with Crippen molar-refractivity contribution in [3.63, 3.8) is 0 Å². The number of rotatable bonds is 7. The van der Waals surface area contributed by atoms with E-state index in [-0.39, 0.29) is 12.3 Å². The minimum Gasteiger partial charge on any atom is -0.478 e. The standard InChI is InChI=1S/C15H18N2O4/c1-10-7-11(4-5-14(19)20)9-12(8-10)15(21)17-6-2-3-13(16)18/h4-5,7-9H,2-3,6H2,1H3,(H2,16,18)(H,17,21)(H,19,20)/b5-4+. The average Bonchev–Trinajstić information content (AvgIpc) is 2.40. The van der Waals surface area contributed by atoms with Crippen LogP contribution in [0.4, 0.5) is 0 Å². The third-order valence-corrected chi connectivity index (χ3v) is 2.67. The molecule has 2 amide bonds. The molecule has 0 saturated heterocycles. The first-order valence-electron chi connectivity index (χ1n) is 6.47. The molecule has 6 heteroatoms. The lowest BCUT2D eigenvalue weighted by Crippen LogP contribution is -2.25. The molecule has 1 aromatic rings. The first kappa shape index (κ1) is 16.4. The lowest BCUT2D eigenvalue weighted by molar-refractivity contribution is -0.131. The molecular weight excluding hydrogens is 272 g/mol. The van der Waals surface area contributed by atoms with Gasteiger partial charge in [-0.2, -0.15) is 0 Å². The van der Waals surface area contributed by atoms with Crippen molar-refractivity contribution in [1.29, 1.82) is 0 Å². The second-order valence-corrected chi connectivity index (χ2v) is 4.63. The summed E-state index contributed by atoms with van der Waals surface area (Å²) in [5, 5.41) is 11.3. The SMILES string of the molecule is Cc1cc(/C=C/C(=O)O)cc(C(=O)NCCCC(N)=O)c1. The highest BCUT2D eigenvalue weighted by atomic mass is 16.4. The van der Waals surface area contributed by atoms with Crippen LogP contribution in [0.2, 0.25) is 0 Å². The van der Waals surface area contributed by atoms with Gasteiger partial charge in [-0.05, 0) is 42.7 Å². The second kappa shape index (κ2) is 7.84. The average molecular weight is 290 g/mol. The highest BCUT2D eigenvalue weighted by Crippen LogP contribution is 2.11. The van der Waals surface area contributed by atoms with Crippen molar-refractivity contribution in [2.45, 2.75) is 19.8 Å². The van der Waals surface area contributed by atoms with Crippen LogP contribution in [0.15, 0.2) is 24.3 Å². The summed E-state index contributed by atoms with van der Waals surface area (Å²) in [7, 11) is 0. The van der Waals surface area contributed by atoms with E-state index in [0.717, 1.165) is 11.6 Å². The molecule has 0 aliphatic carbocycles. The molecule has 0 atom stereocenters. The van der Waals surface area contributed by atoms with Crippen LogP contribution in [-0.4, -0.2) is 29.4 Å². The molecule has 0 aromatic heterocycles. The zero-order valence-corrected chi connectivity index (χ0v) is 11.8. The molecule has 0 unspecified atom stereocenters. The summed E-state index contributed by atoms with van der Waals surface area (Å²) in [5.41, 5.74) is 6.94. The van der Waals surface area contributed by atoms with Gasteiger partial charge in [0.2, 0.25) is 5.91 Å². The molecule has 0 heterocycles. The summed E-state index contributed by atoms with van der Waals surface area (Å²) in [6.45, 7) is 2.18. The van der Waals surface area contributed by atoms with Crippen molar-refractivity contribution in [2.24, 2.45) is 5.73 Å². The van der Waals surface area contributed by atoms with Gasteiger partial charge in [-0.3, -0.25) is 9.59 Å². The summed E-state index contributed by atoms with van der Waals surface area (Å²) < 4.78 is 0. The molecule has 1 rings (SSSR count). The Morgan fingerprint density at radius 3 is 2.62 bits per heavy atom. The van der Waals surface area contributed by atoms with Gasteiger partial charge in [0.25, 0.3) is 5.91 Å². The predicted molar refractivity (Wildman–Crippen MR) is 78.6 cm³/mol. The molecule has 21 heavy (non-hydrogen) atoms. The van der Waals surface area contributed by atoms with Gasteiger partial charge < -0.3 is 16.2 Å². The van der Waals surface area contributed by atoms with Crippen molar-refractivity contribution in [3.8, 4) is 0 Å². The predicted octanol–water partition coefficient (Wildman–Crippen LogP) is 1.09. The molecule has 112 valence electrons. The Bertz CT molecular complexity index is 579. The smallest absolute Gasteiger partial charge is 0.328 e. The molecule has 0 saturated carbocycles. The number of amides is 2. The number of aryl methyl sites for hydroxylation is 1. The lowest BCUT2D eigenvalue weighted by Gasteiger charge is -2.07. The number of aliphatic carboxylic acids is 1. The summed E-state index contributed by atoms with van der Waals surface area (Å²) >= 11 is 0. The quantitative estimate of drug-likeness (QED) is 0.515. The number of nitrogens with one attached hydrogen (secondary N) is 1. The summed E-state index contributed by atoms with van der Waals surface area (Å²) in [6.07, 6.45) is 3.15. The minimum atomic E-state index is -1.05. The van der Waals surface area contributed by atoms with E-state index in [0.29, 0.717) is 24.1 Å². The molecule has 0 bridgehead atoms. The number of carboxylic acid groups (broad SMARTS) is 1. The van der Waals surface area contributed by atoms with Crippen LogP contribution < -0.4 is 11.1 Å². The van der Waals surface area contributed by atoms with Gasteiger partial charge in [-0.1, -0.05) is 6.07 Å². The van der Waals surface area contributed by atoms with Gasteiger partial charge in [-0.15, -0.1) is 0 Å². The molecule has 0 spiro atoms. The topological polar surface area (TPSA) is 109 Å². The van der Waals surface area contributed by atoms with Crippen LogP contribution in [0.1, 0.15) is 34.3 Å². The number of primary amides is 1. The largest absolute Gasteiger partial charge is 0.478 e. The monoisotopic (exact) mass is 290 g/mol. The van der Waals surface area contributed by atoms with E-state index in [9.17, 15) is 14.4 Å². The van der Waals surface area contributed by atoms with E-state index in [1.165, 1.54) is 6.08 Å². The number of hydrogen-bond donors (Lipinski definition) is 3. The molecule has 0 radical (unpaired) electrons. The second-order valence-electron chi connectivity index (χ2n) is 4.63. The van der Waals surface area contributed by atoms with E-state index < -0.39 is 11.9 Å². The Labute approximate surface area is 122 Å². The van der Waals surface area contributed by atoms with E-state index in [4.69, 9.17) is 10.8 Å². The van der Waals surface area contributed by atoms with Crippen molar-refractivity contribution in [1.82, 2.24) is 5.32 Å². The van der Waals surface area contributed by atoms with Crippen LogP contribution in [0.5, 0.6) is 0 Å². The van der Waals surface area contributed by atoms with Gasteiger partial charge in [0, 0.05) is 24.6 Å². The van der Waals surface area contributed by atoms with Gasteiger partial charge in [0.1, 0.15) is 0 Å². The van der Waals surface area contributed by atoms with E-state index >= 15 is 0 Å². The fourth-order valence-electron chi connectivity index (χ4n) is 1.77. The van der Waals surface area contributed by atoms with E-state index in [1.54, 1.807) is 18.2 Å². The first-order valence-corrected chi connectivity index (χ1v) is 6.47. The fourth-order valence-corrected chi connectivity index (χ4v) is 1.77. The summed E-state index contributed by atoms with van der Waals surface area (Å²) in [6, 6.07) is 5.10. The third-order valence-electron chi connectivity index (χ3n) is 2.67. The number of carbonyl (C=O) groups is 3. The highest BCUT2D eigenvalue weighted by molar-refractivity contribution is 5.95. The van der Waals surface area contributed by atoms with E-state index in [2.05, 4.69) is 5.32 Å². The van der Waals surface area contributed by atoms with Gasteiger partial charge >= 0.3 is 5.97 Å². The molecule has 0 aliphatic rings. The van der Waals surface area contributed by atoms with E-state index in [1.807, 2.05) is 6.92 Å².